The summed E-state index contributed by atoms with van der Waals surface area (Å²) in [4.78, 5) is 33.8. The predicted octanol–water partition coefficient (Wildman–Crippen LogP) is 3.55. The van der Waals surface area contributed by atoms with Crippen LogP contribution in [-0.2, 0) is 4.79 Å². The second kappa shape index (κ2) is 7.95. The van der Waals surface area contributed by atoms with E-state index in [0.717, 1.165) is 16.9 Å². The summed E-state index contributed by atoms with van der Waals surface area (Å²) in [6.45, 7) is -0.0715. The van der Waals surface area contributed by atoms with Gasteiger partial charge in [-0.3, -0.25) is 9.59 Å². The lowest BCUT2D eigenvalue weighted by molar-refractivity contribution is -0.130. The van der Waals surface area contributed by atoms with Crippen LogP contribution in [0.2, 0.25) is 0 Å². The highest BCUT2D eigenvalue weighted by Crippen LogP contribution is 2.35. The van der Waals surface area contributed by atoms with Crippen LogP contribution in [0, 0.1) is 0 Å². The molecule has 2 aromatic carbocycles. The number of H-pyrrole nitrogens is 1. The summed E-state index contributed by atoms with van der Waals surface area (Å²) in [6, 6.07) is 12.4. The zero-order valence-corrected chi connectivity index (χ0v) is 16.6. The minimum Gasteiger partial charge on any atom is -0.484 e. The number of rotatable bonds is 6. The largest absolute Gasteiger partial charge is 0.484 e. The first-order valence-corrected chi connectivity index (χ1v) is 9.73. The summed E-state index contributed by atoms with van der Waals surface area (Å²) in [5, 5.41) is 2.91. The van der Waals surface area contributed by atoms with Crippen LogP contribution in [0.15, 0.2) is 42.5 Å². The van der Waals surface area contributed by atoms with Crippen LogP contribution in [0.4, 0.5) is 5.69 Å². The molecular formula is C22H24N4O3. The van der Waals surface area contributed by atoms with Gasteiger partial charge in [0, 0.05) is 31.3 Å². The number of amides is 2. The minimum absolute atomic E-state index is 0.0715. The smallest absolute Gasteiger partial charge is 0.259 e. The summed E-state index contributed by atoms with van der Waals surface area (Å²) >= 11 is 0. The lowest BCUT2D eigenvalue weighted by Crippen LogP contribution is -2.27. The third kappa shape index (κ3) is 4.23. The molecule has 1 aliphatic carbocycles. The zero-order valence-electron chi connectivity index (χ0n) is 16.6. The quantitative estimate of drug-likeness (QED) is 0.672. The molecule has 150 valence electrons. The third-order valence-corrected chi connectivity index (χ3v) is 5.21. The molecule has 0 aliphatic heterocycles. The maximum atomic E-state index is 12.6. The number of hydrogen-bond donors (Lipinski definition) is 2. The number of fused-ring (bicyclic) bond motifs is 1. The highest BCUT2D eigenvalue weighted by atomic mass is 16.5. The molecule has 1 aliphatic rings. The van der Waals surface area contributed by atoms with E-state index < -0.39 is 0 Å². The number of aromatic amines is 1. The minimum atomic E-state index is -0.243. The number of carbonyl (C=O) groups excluding carboxylic acids is 2. The van der Waals surface area contributed by atoms with E-state index in [4.69, 9.17) is 4.74 Å². The van der Waals surface area contributed by atoms with Gasteiger partial charge < -0.3 is 19.9 Å². The lowest BCUT2D eigenvalue weighted by Gasteiger charge is -2.22. The average molecular weight is 392 g/mol. The summed E-state index contributed by atoms with van der Waals surface area (Å²) in [5.74, 6) is 1.65. The van der Waals surface area contributed by atoms with Crippen molar-refractivity contribution < 1.29 is 14.3 Å². The fraction of sp³-hybridized carbons (Fsp3) is 0.318. The molecule has 0 atom stereocenters. The van der Waals surface area contributed by atoms with E-state index >= 15 is 0 Å². The van der Waals surface area contributed by atoms with Crippen LogP contribution >= 0.6 is 0 Å². The number of nitrogens with one attached hydrogen (secondary N) is 2. The molecule has 0 bridgehead atoms. The molecule has 4 rings (SSSR count). The second-order valence-corrected chi connectivity index (χ2v) is 7.54. The first-order valence-electron chi connectivity index (χ1n) is 9.73. The number of aromatic nitrogens is 2. The third-order valence-electron chi connectivity index (χ3n) is 5.21. The monoisotopic (exact) mass is 392 g/mol. The topological polar surface area (TPSA) is 87.3 Å². The van der Waals surface area contributed by atoms with Crippen LogP contribution in [-0.4, -0.2) is 47.4 Å². The second-order valence-electron chi connectivity index (χ2n) is 7.54. The molecule has 1 heterocycles. The molecule has 0 saturated heterocycles. The highest BCUT2D eigenvalue weighted by molar-refractivity contribution is 6.05. The Labute approximate surface area is 169 Å². The van der Waals surface area contributed by atoms with E-state index in [2.05, 4.69) is 15.3 Å². The van der Waals surface area contributed by atoms with Crippen molar-refractivity contribution in [2.45, 2.75) is 25.2 Å². The molecule has 0 radical (unpaired) electrons. The highest BCUT2D eigenvalue weighted by Gasteiger charge is 2.22. The maximum absolute atomic E-state index is 12.6. The number of likely N-dealkylation sites (N-methyl/N-ethyl adjacent to an activating group) is 1. The predicted molar refractivity (Wildman–Crippen MR) is 111 cm³/mol. The van der Waals surface area contributed by atoms with E-state index in [1.165, 1.54) is 24.2 Å². The number of anilines is 1. The molecule has 2 N–H and O–H groups in total. The summed E-state index contributed by atoms with van der Waals surface area (Å²) in [5.41, 5.74) is 2.98. The van der Waals surface area contributed by atoms with E-state index in [0.29, 0.717) is 22.9 Å². The summed E-state index contributed by atoms with van der Waals surface area (Å²) in [6.07, 6.45) is 3.62. The molecule has 7 heteroatoms. The molecule has 7 nitrogen and oxygen atoms in total. The average Bonchev–Trinajstić information content (AvgIpc) is 3.07. The van der Waals surface area contributed by atoms with Crippen LogP contribution in [0.1, 0.15) is 41.4 Å². The Bertz CT molecular complexity index is 1050. The van der Waals surface area contributed by atoms with Crippen molar-refractivity contribution in [1.82, 2.24) is 14.9 Å². The van der Waals surface area contributed by atoms with Crippen molar-refractivity contribution in [1.29, 1.82) is 0 Å². The van der Waals surface area contributed by atoms with Gasteiger partial charge in [0.2, 0.25) is 0 Å². The van der Waals surface area contributed by atoms with Crippen LogP contribution < -0.4 is 10.1 Å². The van der Waals surface area contributed by atoms with Gasteiger partial charge in [0.15, 0.2) is 6.61 Å². The Morgan fingerprint density at radius 3 is 2.76 bits per heavy atom. The van der Waals surface area contributed by atoms with Crippen molar-refractivity contribution in [2.75, 3.05) is 26.0 Å². The van der Waals surface area contributed by atoms with Crippen molar-refractivity contribution in [3.8, 4) is 5.75 Å². The Morgan fingerprint density at radius 2 is 2.03 bits per heavy atom. The van der Waals surface area contributed by atoms with Crippen LogP contribution in [0.5, 0.6) is 5.75 Å². The first kappa shape index (κ1) is 19.0. The molecule has 3 aromatic rings. The molecule has 1 saturated carbocycles. The van der Waals surface area contributed by atoms with Gasteiger partial charge in [-0.25, -0.2) is 4.98 Å². The SMILES string of the molecule is CN(C)C(=O)COc1cccc(C(=O)Nc2ccc3nc(C4CCC4)[nH]c3c2)c1. The van der Waals surface area contributed by atoms with Gasteiger partial charge in [-0.05, 0) is 49.2 Å². The maximum Gasteiger partial charge on any atom is 0.259 e. The fourth-order valence-corrected chi connectivity index (χ4v) is 3.19. The number of carbonyl (C=O) groups is 2. The number of ether oxygens (including phenoxy) is 1. The van der Waals surface area contributed by atoms with Crippen LogP contribution in [0.25, 0.3) is 11.0 Å². The van der Waals surface area contributed by atoms with E-state index in [1.807, 2.05) is 18.2 Å². The molecule has 1 aromatic heterocycles. The van der Waals surface area contributed by atoms with Gasteiger partial charge in [-0.1, -0.05) is 12.5 Å². The van der Waals surface area contributed by atoms with Gasteiger partial charge in [0.1, 0.15) is 11.6 Å². The molecular weight excluding hydrogens is 368 g/mol. The summed E-state index contributed by atoms with van der Waals surface area (Å²) < 4.78 is 5.48. The Hall–Kier alpha value is -3.35. The van der Waals surface area contributed by atoms with Crippen molar-refractivity contribution in [3.05, 3.63) is 53.9 Å². The van der Waals surface area contributed by atoms with E-state index in [-0.39, 0.29) is 18.4 Å². The molecule has 1 fully saturated rings. The van der Waals surface area contributed by atoms with Gasteiger partial charge in [-0.2, -0.15) is 0 Å². The Morgan fingerprint density at radius 1 is 1.21 bits per heavy atom. The van der Waals surface area contributed by atoms with Crippen molar-refractivity contribution in [3.63, 3.8) is 0 Å². The standard InChI is InChI=1S/C22H24N4O3/c1-26(2)20(27)13-29-17-8-4-7-15(11-17)22(28)23-16-9-10-18-19(12-16)25-21(24-18)14-5-3-6-14/h4,7-12,14H,3,5-6,13H2,1-2H3,(H,23,28)(H,24,25). The molecule has 2 amide bonds. The van der Waals surface area contributed by atoms with Crippen molar-refractivity contribution >= 4 is 28.5 Å². The van der Waals surface area contributed by atoms with Gasteiger partial charge in [0.05, 0.1) is 11.0 Å². The number of hydrogen-bond acceptors (Lipinski definition) is 4. The molecule has 0 unspecified atom stereocenters. The van der Waals surface area contributed by atoms with Crippen LogP contribution in [0.3, 0.4) is 0 Å². The lowest BCUT2D eigenvalue weighted by atomic mass is 9.85. The van der Waals surface area contributed by atoms with E-state index in [9.17, 15) is 9.59 Å². The molecule has 29 heavy (non-hydrogen) atoms. The van der Waals surface area contributed by atoms with E-state index in [1.54, 1.807) is 38.4 Å². The van der Waals surface area contributed by atoms with Gasteiger partial charge in [0.25, 0.3) is 11.8 Å². The number of imidazole rings is 1. The Balaban J connectivity index is 1.44. The number of benzene rings is 2. The molecule has 0 spiro atoms. The van der Waals surface area contributed by atoms with Gasteiger partial charge in [-0.15, -0.1) is 0 Å². The zero-order chi connectivity index (χ0) is 20.4. The normalized spacial score (nSPS) is 13.7. The van der Waals surface area contributed by atoms with Gasteiger partial charge >= 0.3 is 0 Å². The number of nitrogens with zero attached hydrogens (tertiary/aromatic N) is 2. The summed E-state index contributed by atoms with van der Waals surface area (Å²) in [7, 11) is 3.34. The van der Waals surface area contributed by atoms with Crippen molar-refractivity contribution in [2.24, 2.45) is 0 Å². The fourth-order valence-electron chi connectivity index (χ4n) is 3.19. The Kier molecular flexibility index (Phi) is 5.20. The first-order chi connectivity index (χ1) is 14.0.